The van der Waals surface area contributed by atoms with Gasteiger partial charge in [0.1, 0.15) is 5.02 Å². The number of hydrogen-bond donors (Lipinski definition) is 2. The van der Waals surface area contributed by atoms with Gasteiger partial charge in [-0.05, 0) is 0 Å². The molecule has 0 spiro atoms. The minimum Gasteiger partial charge on any atom is -0.493 e. The van der Waals surface area contributed by atoms with Gasteiger partial charge in [-0.2, -0.15) is 4.98 Å². The second-order valence-corrected chi connectivity index (χ2v) is 4.43. The van der Waals surface area contributed by atoms with Gasteiger partial charge < -0.3 is 19.5 Å². The molecule has 1 heterocycles. The van der Waals surface area contributed by atoms with Crippen LogP contribution in [0.25, 0.3) is 0 Å². The quantitative estimate of drug-likeness (QED) is 0.788. The number of nitrogens with zero attached hydrogens (tertiary/aromatic N) is 2. The molecule has 0 saturated carbocycles. The maximum Gasteiger partial charge on any atom is 0.229 e. The van der Waals surface area contributed by atoms with Crippen LogP contribution in [0, 0.1) is 0 Å². The summed E-state index contributed by atoms with van der Waals surface area (Å²) in [7, 11) is 4.52. The third-order valence-corrected chi connectivity index (χ3v) is 3.03. The van der Waals surface area contributed by atoms with Gasteiger partial charge in [-0.25, -0.2) is 10.5 Å². The first-order valence-corrected chi connectivity index (χ1v) is 6.47. The van der Waals surface area contributed by atoms with Crippen LogP contribution in [0.4, 0.5) is 21.9 Å². The van der Waals surface area contributed by atoms with Crippen molar-refractivity contribution >= 4 is 29.1 Å². The summed E-state index contributed by atoms with van der Waals surface area (Å²) in [5.74, 6) is 1.40. The zero-order valence-electron chi connectivity index (χ0n) is 12.1. The molecule has 2 rings (SSSR count). The van der Waals surface area contributed by atoms with E-state index in [1.807, 2.05) is 0 Å². The molecule has 0 saturated heterocycles. The van der Waals surface area contributed by atoms with Gasteiger partial charge in [0.05, 0.1) is 27.5 Å². The van der Waals surface area contributed by atoms with Crippen LogP contribution >= 0.6 is 11.6 Å². The first-order valence-electron chi connectivity index (χ1n) is 6.09. The van der Waals surface area contributed by atoms with Gasteiger partial charge in [0.15, 0.2) is 17.3 Å². The smallest absolute Gasteiger partial charge is 0.229 e. The molecule has 7 nitrogen and oxygen atoms in total. The average molecular weight is 329 g/mol. The van der Waals surface area contributed by atoms with Crippen molar-refractivity contribution in [2.45, 2.75) is 0 Å². The Kier molecular flexibility index (Phi) is 5.05. The average Bonchev–Trinajstić information content (AvgIpc) is 2.55. The molecule has 22 heavy (non-hydrogen) atoms. The molecule has 0 unspecified atom stereocenters. The van der Waals surface area contributed by atoms with Gasteiger partial charge in [0.25, 0.3) is 0 Å². The SMILES string of the molecule is COc1cc(Nc2ncc(Cl)c(NF)n2)cc(OC)c1OC. The van der Waals surface area contributed by atoms with E-state index in [1.165, 1.54) is 33.1 Å². The van der Waals surface area contributed by atoms with Crippen LogP contribution < -0.4 is 25.1 Å². The summed E-state index contributed by atoms with van der Waals surface area (Å²) in [4.78, 5) is 7.85. The van der Waals surface area contributed by atoms with E-state index >= 15 is 0 Å². The number of benzene rings is 1. The molecule has 2 N–H and O–H groups in total. The second kappa shape index (κ2) is 6.99. The van der Waals surface area contributed by atoms with Crippen molar-refractivity contribution in [1.82, 2.24) is 9.97 Å². The fourth-order valence-corrected chi connectivity index (χ4v) is 1.90. The predicted octanol–water partition coefficient (Wildman–Crippen LogP) is 3.20. The predicted molar refractivity (Wildman–Crippen MR) is 81.2 cm³/mol. The fraction of sp³-hybridized carbons (Fsp3) is 0.231. The van der Waals surface area contributed by atoms with Crippen molar-refractivity contribution in [3.8, 4) is 17.2 Å². The van der Waals surface area contributed by atoms with E-state index in [9.17, 15) is 4.48 Å². The minimum atomic E-state index is -0.133. The van der Waals surface area contributed by atoms with E-state index < -0.39 is 0 Å². The van der Waals surface area contributed by atoms with Gasteiger partial charge in [0, 0.05) is 17.8 Å². The molecule has 9 heteroatoms. The monoisotopic (exact) mass is 328 g/mol. The molecular formula is C13H14ClFN4O3. The van der Waals surface area contributed by atoms with Crippen molar-refractivity contribution < 1.29 is 18.7 Å². The van der Waals surface area contributed by atoms with Crippen molar-refractivity contribution in [1.29, 1.82) is 0 Å². The number of ether oxygens (including phenoxy) is 3. The highest BCUT2D eigenvalue weighted by Crippen LogP contribution is 2.40. The molecule has 0 radical (unpaired) electrons. The number of rotatable bonds is 6. The van der Waals surface area contributed by atoms with E-state index in [0.29, 0.717) is 22.9 Å². The molecular weight excluding hydrogens is 315 g/mol. The van der Waals surface area contributed by atoms with Gasteiger partial charge in [0.2, 0.25) is 11.7 Å². The Morgan fingerprint density at radius 3 is 2.23 bits per heavy atom. The van der Waals surface area contributed by atoms with E-state index in [4.69, 9.17) is 25.8 Å². The number of methoxy groups -OCH3 is 3. The van der Waals surface area contributed by atoms with Gasteiger partial charge >= 0.3 is 0 Å². The number of hydrogen-bond acceptors (Lipinski definition) is 7. The summed E-state index contributed by atoms with van der Waals surface area (Å²) in [5.41, 5.74) is 1.96. The van der Waals surface area contributed by atoms with E-state index in [2.05, 4.69) is 15.3 Å². The van der Waals surface area contributed by atoms with Crippen LogP contribution in [-0.2, 0) is 0 Å². The summed E-state index contributed by atoms with van der Waals surface area (Å²) in [6.07, 6.45) is 1.27. The Morgan fingerprint density at radius 2 is 1.73 bits per heavy atom. The van der Waals surface area contributed by atoms with Gasteiger partial charge in [-0.15, -0.1) is 4.48 Å². The molecule has 0 aliphatic rings. The van der Waals surface area contributed by atoms with E-state index in [1.54, 1.807) is 12.1 Å². The Morgan fingerprint density at radius 1 is 1.09 bits per heavy atom. The highest BCUT2D eigenvalue weighted by molar-refractivity contribution is 6.32. The minimum absolute atomic E-state index is 0.0675. The Bertz CT molecular complexity index is 647. The molecule has 0 aliphatic carbocycles. The van der Waals surface area contributed by atoms with Crippen LogP contribution in [0.15, 0.2) is 18.3 Å². The Hall–Kier alpha value is -2.48. The molecule has 1 aromatic carbocycles. The van der Waals surface area contributed by atoms with Crippen molar-refractivity contribution in [3.05, 3.63) is 23.4 Å². The van der Waals surface area contributed by atoms with Crippen LogP contribution in [0.3, 0.4) is 0 Å². The topological polar surface area (TPSA) is 77.5 Å². The lowest BCUT2D eigenvalue weighted by Crippen LogP contribution is -2.01. The first-order chi connectivity index (χ1) is 10.6. The third-order valence-electron chi connectivity index (χ3n) is 2.75. The van der Waals surface area contributed by atoms with Gasteiger partial charge in [-0.1, -0.05) is 11.6 Å². The largest absolute Gasteiger partial charge is 0.493 e. The van der Waals surface area contributed by atoms with Crippen LogP contribution in [0.1, 0.15) is 0 Å². The Labute approximate surface area is 131 Å². The lowest BCUT2D eigenvalue weighted by Gasteiger charge is -2.14. The highest BCUT2D eigenvalue weighted by atomic mass is 35.5. The lowest BCUT2D eigenvalue weighted by atomic mass is 10.2. The second-order valence-electron chi connectivity index (χ2n) is 4.02. The van der Waals surface area contributed by atoms with Crippen molar-refractivity contribution in [3.63, 3.8) is 0 Å². The number of nitrogens with one attached hydrogen (secondary N) is 2. The van der Waals surface area contributed by atoms with Crippen LogP contribution in [0.5, 0.6) is 17.2 Å². The van der Waals surface area contributed by atoms with Crippen LogP contribution in [0.2, 0.25) is 5.02 Å². The molecule has 0 atom stereocenters. The first kappa shape index (κ1) is 15.9. The molecule has 118 valence electrons. The summed E-state index contributed by atoms with van der Waals surface area (Å²) in [5, 5.41) is 2.97. The molecule has 0 amide bonds. The molecule has 0 bridgehead atoms. The van der Waals surface area contributed by atoms with E-state index in [-0.39, 0.29) is 16.8 Å². The zero-order valence-corrected chi connectivity index (χ0v) is 12.9. The summed E-state index contributed by atoms with van der Waals surface area (Å²) < 4.78 is 28.2. The maximum atomic E-state index is 12.5. The summed E-state index contributed by atoms with van der Waals surface area (Å²) in [6.45, 7) is 0. The van der Waals surface area contributed by atoms with Crippen LogP contribution in [-0.4, -0.2) is 31.3 Å². The fourth-order valence-electron chi connectivity index (χ4n) is 1.78. The lowest BCUT2D eigenvalue weighted by molar-refractivity contribution is 0.324. The summed E-state index contributed by atoms with van der Waals surface area (Å²) in [6, 6.07) is 3.34. The zero-order chi connectivity index (χ0) is 16.1. The standard InChI is InChI=1S/C13H14ClFN4O3/c1-20-9-4-7(5-10(21-2)11(9)22-3)17-13-16-6-8(14)12(18-13)19-15/h4-6H,1-3H3,(H2,16,17,18,19). The van der Waals surface area contributed by atoms with Crippen molar-refractivity contribution in [2.24, 2.45) is 0 Å². The van der Waals surface area contributed by atoms with Crippen molar-refractivity contribution in [2.75, 3.05) is 32.2 Å². The highest BCUT2D eigenvalue weighted by Gasteiger charge is 2.14. The van der Waals surface area contributed by atoms with E-state index in [0.717, 1.165) is 0 Å². The Balaban J connectivity index is 2.37. The number of aromatic nitrogens is 2. The maximum absolute atomic E-state index is 12.5. The molecule has 1 aromatic heterocycles. The molecule has 2 aromatic rings. The number of anilines is 3. The summed E-state index contributed by atoms with van der Waals surface area (Å²) >= 11 is 5.72. The molecule has 0 fully saturated rings. The third kappa shape index (κ3) is 3.22. The normalized spacial score (nSPS) is 10.0. The number of halogens is 2. The molecule has 0 aliphatic heterocycles. The van der Waals surface area contributed by atoms with Gasteiger partial charge in [-0.3, -0.25) is 0 Å².